The predicted octanol–water partition coefficient (Wildman–Crippen LogP) is 3.69. The zero-order chi connectivity index (χ0) is 13.6. The Morgan fingerprint density at radius 1 is 1.26 bits per heavy atom. The van der Waals surface area contributed by atoms with Crippen LogP contribution in [-0.2, 0) is 6.42 Å². The number of rotatable bonds is 2. The van der Waals surface area contributed by atoms with Crippen molar-refractivity contribution in [1.29, 1.82) is 0 Å². The fourth-order valence-corrected chi connectivity index (χ4v) is 2.63. The highest BCUT2D eigenvalue weighted by Crippen LogP contribution is 2.36. The zero-order valence-electron chi connectivity index (χ0n) is 10.9. The third-order valence-corrected chi connectivity index (χ3v) is 3.55. The third-order valence-electron chi connectivity index (χ3n) is 3.35. The number of nitrogens with two attached hydrogens (primary N) is 1. The molecule has 1 aliphatic rings. The molecule has 2 heterocycles. The van der Waals surface area contributed by atoms with Crippen molar-refractivity contribution in [3.8, 4) is 5.75 Å². The summed E-state index contributed by atoms with van der Waals surface area (Å²) in [6.45, 7) is 4.16. The van der Waals surface area contributed by atoms with E-state index >= 15 is 0 Å². The first-order valence-corrected chi connectivity index (χ1v) is 6.65. The molecule has 2 aromatic rings. The van der Waals surface area contributed by atoms with Gasteiger partial charge in [-0.05, 0) is 60.8 Å². The van der Waals surface area contributed by atoms with Crippen molar-refractivity contribution >= 4 is 11.6 Å². The zero-order valence-corrected chi connectivity index (χ0v) is 11.7. The van der Waals surface area contributed by atoms with Gasteiger partial charge in [0, 0.05) is 6.42 Å². The molecule has 1 unspecified atom stereocenters. The van der Waals surface area contributed by atoms with Gasteiger partial charge < -0.3 is 14.9 Å². The predicted molar refractivity (Wildman–Crippen MR) is 74.6 cm³/mol. The van der Waals surface area contributed by atoms with Crippen LogP contribution in [0.2, 0.25) is 5.22 Å². The molecule has 0 spiro atoms. The molecule has 1 aliphatic heterocycles. The minimum absolute atomic E-state index is 0.140. The number of halogens is 1. The molecule has 0 bridgehead atoms. The van der Waals surface area contributed by atoms with E-state index in [0.717, 1.165) is 17.7 Å². The van der Waals surface area contributed by atoms with E-state index in [4.69, 9.17) is 26.5 Å². The van der Waals surface area contributed by atoms with Crippen molar-refractivity contribution < 1.29 is 9.15 Å². The summed E-state index contributed by atoms with van der Waals surface area (Å²) >= 11 is 5.78. The summed E-state index contributed by atoms with van der Waals surface area (Å²) in [5, 5.41) is 0.357. The van der Waals surface area contributed by atoms with Gasteiger partial charge in [-0.15, -0.1) is 0 Å². The monoisotopic (exact) mass is 277 g/mol. The molecule has 0 aliphatic carbocycles. The average Bonchev–Trinajstić information content (AvgIpc) is 2.88. The molecule has 0 saturated carbocycles. The topological polar surface area (TPSA) is 48.4 Å². The van der Waals surface area contributed by atoms with Crippen molar-refractivity contribution in [1.82, 2.24) is 0 Å². The summed E-state index contributed by atoms with van der Waals surface area (Å²) in [6.07, 6.45) is 0.891. The number of ether oxygens (including phenoxy) is 1. The van der Waals surface area contributed by atoms with Gasteiger partial charge in [0.25, 0.3) is 0 Å². The molecule has 0 radical (unpaired) electrons. The smallest absolute Gasteiger partial charge is 0.193 e. The Balaban J connectivity index is 1.92. The van der Waals surface area contributed by atoms with Crippen LogP contribution in [0.5, 0.6) is 5.75 Å². The van der Waals surface area contributed by atoms with Crippen LogP contribution in [0.3, 0.4) is 0 Å². The molecule has 1 atom stereocenters. The lowest BCUT2D eigenvalue weighted by Crippen LogP contribution is -2.24. The van der Waals surface area contributed by atoms with E-state index in [-0.39, 0.29) is 11.6 Å². The maximum Gasteiger partial charge on any atom is 0.193 e. The van der Waals surface area contributed by atoms with Crippen molar-refractivity contribution in [2.24, 2.45) is 5.73 Å². The summed E-state index contributed by atoms with van der Waals surface area (Å²) < 4.78 is 11.2. The highest BCUT2D eigenvalue weighted by atomic mass is 35.5. The molecule has 0 saturated heterocycles. The fraction of sp³-hybridized carbons (Fsp3) is 0.333. The van der Waals surface area contributed by atoms with E-state index in [1.165, 1.54) is 5.56 Å². The highest BCUT2D eigenvalue weighted by Gasteiger charge is 2.30. The maximum atomic E-state index is 6.20. The Bertz CT molecular complexity index is 618. The van der Waals surface area contributed by atoms with Crippen LogP contribution in [0.4, 0.5) is 0 Å². The summed E-state index contributed by atoms with van der Waals surface area (Å²) in [5.74, 6) is 1.61. The Hall–Kier alpha value is -1.45. The average molecular weight is 278 g/mol. The number of benzene rings is 1. The van der Waals surface area contributed by atoms with Crippen molar-refractivity contribution in [2.75, 3.05) is 0 Å². The standard InChI is InChI=1S/C15H16ClNO2/c1-15(2)8-10-7-9(3-4-11(10)19-15)14(17)12-5-6-13(16)18-12/h3-7,14H,8,17H2,1-2H3. The summed E-state index contributed by atoms with van der Waals surface area (Å²) in [7, 11) is 0. The summed E-state index contributed by atoms with van der Waals surface area (Å²) in [4.78, 5) is 0. The molecule has 0 amide bonds. The lowest BCUT2D eigenvalue weighted by molar-refractivity contribution is 0.138. The van der Waals surface area contributed by atoms with E-state index in [1.54, 1.807) is 12.1 Å². The van der Waals surface area contributed by atoms with Crippen LogP contribution in [0.15, 0.2) is 34.7 Å². The van der Waals surface area contributed by atoms with Crippen molar-refractivity contribution in [3.63, 3.8) is 0 Å². The second-order valence-corrected chi connectivity index (χ2v) is 5.90. The van der Waals surface area contributed by atoms with Gasteiger partial charge in [-0.3, -0.25) is 0 Å². The van der Waals surface area contributed by atoms with Crippen LogP contribution in [0.25, 0.3) is 0 Å². The first kappa shape index (κ1) is 12.6. The van der Waals surface area contributed by atoms with E-state index in [2.05, 4.69) is 19.9 Å². The number of hydrogen-bond acceptors (Lipinski definition) is 3. The molecule has 3 rings (SSSR count). The minimum Gasteiger partial charge on any atom is -0.487 e. The molecule has 4 heteroatoms. The minimum atomic E-state index is -0.304. The first-order valence-electron chi connectivity index (χ1n) is 6.27. The molecule has 3 nitrogen and oxygen atoms in total. The molecule has 1 aromatic heterocycles. The summed E-state index contributed by atoms with van der Waals surface area (Å²) in [6, 6.07) is 9.24. The highest BCUT2D eigenvalue weighted by molar-refractivity contribution is 6.28. The third kappa shape index (κ3) is 2.36. The Labute approximate surface area is 117 Å². The summed E-state index contributed by atoms with van der Waals surface area (Å²) in [5.41, 5.74) is 8.25. The Kier molecular flexibility index (Phi) is 2.84. The van der Waals surface area contributed by atoms with Crippen LogP contribution < -0.4 is 10.5 Å². The van der Waals surface area contributed by atoms with Crippen LogP contribution >= 0.6 is 11.6 Å². The van der Waals surface area contributed by atoms with E-state index < -0.39 is 0 Å². The second-order valence-electron chi connectivity index (χ2n) is 5.53. The van der Waals surface area contributed by atoms with Gasteiger partial charge in [0.1, 0.15) is 17.1 Å². The molecule has 0 fully saturated rings. The second kappa shape index (κ2) is 4.29. The number of hydrogen-bond donors (Lipinski definition) is 1. The Morgan fingerprint density at radius 2 is 2.05 bits per heavy atom. The van der Waals surface area contributed by atoms with E-state index in [9.17, 15) is 0 Å². The normalized spacial score (nSPS) is 17.9. The van der Waals surface area contributed by atoms with Crippen molar-refractivity contribution in [2.45, 2.75) is 31.9 Å². The SMILES string of the molecule is CC1(C)Cc2cc(C(N)c3ccc(Cl)o3)ccc2O1. The quantitative estimate of drug-likeness (QED) is 0.911. The van der Waals surface area contributed by atoms with Gasteiger partial charge in [-0.25, -0.2) is 0 Å². The Morgan fingerprint density at radius 3 is 2.74 bits per heavy atom. The molecular weight excluding hydrogens is 262 g/mol. The van der Waals surface area contributed by atoms with Crippen LogP contribution in [0, 0.1) is 0 Å². The number of furan rings is 1. The number of fused-ring (bicyclic) bond motifs is 1. The molecule has 100 valence electrons. The van der Waals surface area contributed by atoms with Crippen LogP contribution in [0.1, 0.15) is 36.8 Å². The van der Waals surface area contributed by atoms with Gasteiger partial charge in [0.05, 0.1) is 6.04 Å². The van der Waals surface area contributed by atoms with Crippen molar-refractivity contribution in [3.05, 3.63) is 52.4 Å². The van der Waals surface area contributed by atoms with Gasteiger partial charge in [0.15, 0.2) is 5.22 Å². The molecule has 2 N–H and O–H groups in total. The van der Waals surface area contributed by atoms with Gasteiger partial charge in [0.2, 0.25) is 0 Å². The van der Waals surface area contributed by atoms with Gasteiger partial charge in [-0.2, -0.15) is 0 Å². The largest absolute Gasteiger partial charge is 0.487 e. The van der Waals surface area contributed by atoms with Crippen LogP contribution in [-0.4, -0.2) is 5.60 Å². The lowest BCUT2D eigenvalue weighted by Gasteiger charge is -2.16. The van der Waals surface area contributed by atoms with E-state index in [1.807, 2.05) is 12.1 Å². The fourth-order valence-electron chi connectivity index (χ4n) is 2.48. The molecule has 1 aromatic carbocycles. The van der Waals surface area contributed by atoms with Gasteiger partial charge in [-0.1, -0.05) is 6.07 Å². The molecule has 19 heavy (non-hydrogen) atoms. The maximum absolute atomic E-state index is 6.20. The first-order chi connectivity index (χ1) is 8.94. The lowest BCUT2D eigenvalue weighted by atomic mass is 9.97. The van der Waals surface area contributed by atoms with Gasteiger partial charge >= 0.3 is 0 Å². The van der Waals surface area contributed by atoms with E-state index in [0.29, 0.717) is 11.0 Å². The molecular formula is C15H16ClNO2.